The number of ether oxygens (including phenoxy) is 1. The standard InChI is InChI=1S/C15H23ClN2O/c1-12-8-15(19-2)9-14(17-12)11-18-7-3-4-13(10-18)5-6-16/h8-9,13H,3-7,10-11H2,1-2H3. The summed E-state index contributed by atoms with van der Waals surface area (Å²) in [6.45, 7) is 5.23. The van der Waals surface area contributed by atoms with Crippen LogP contribution in [0, 0.1) is 12.8 Å². The van der Waals surface area contributed by atoms with Crippen molar-refractivity contribution < 1.29 is 4.74 Å². The Kier molecular flexibility index (Phi) is 5.46. The van der Waals surface area contributed by atoms with Gasteiger partial charge in [-0.2, -0.15) is 0 Å². The maximum Gasteiger partial charge on any atom is 0.122 e. The van der Waals surface area contributed by atoms with Gasteiger partial charge >= 0.3 is 0 Å². The molecule has 1 fully saturated rings. The molecule has 0 bridgehead atoms. The maximum atomic E-state index is 5.86. The number of rotatable bonds is 5. The summed E-state index contributed by atoms with van der Waals surface area (Å²) in [5.41, 5.74) is 2.12. The van der Waals surface area contributed by atoms with Crippen LogP contribution >= 0.6 is 11.6 Å². The largest absolute Gasteiger partial charge is 0.497 e. The highest BCUT2D eigenvalue weighted by Crippen LogP contribution is 2.22. The molecule has 3 nitrogen and oxygen atoms in total. The fourth-order valence-corrected chi connectivity index (χ4v) is 3.12. The highest BCUT2D eigenvalue weighted by Gasteiger charge is 2.19. The van der Waals surface area contributed by atoms with Crippen molar-refractivity contribution in [2.75, 3.05) is 26.1 Å². The van der Waals surface area contributed by atoms with E-state index in [0.29, 0.717) is 0 Å². The number of aryl methyl sites for hydroxylation is 1. The summed E-state index contributed by atoms with van der Waals surface area (Å²) >= 11 is 5.86. The lowest BCUT2D eigenvalue weighted by atomic mass is 9.95. The van der Waals surface area contributed by atoms with E-state index in [4.69, 9.17) is 16.3 Å². The van der Waals surface area contributed by atoms with Gasteiger partial charge in [-0.05, 0) is 38.6 Å². The summed E-state index contributed by atoms with van der Waals surface area (Å²) in [6, 6.07) is 4.01. The normalized spacial score (nSPS) is 20.5. The Morgan fingerprint density at radius 3 is 3.05 bits per heavy atom. The molecule has 0 radical (unpaired) electrons. The van der Waals surface area contributed by atoms with Crippen LogP contribution in [0.4, 0.5) is 0 Å². The molecule has 1 aliphatic rings. The van der Waals surface area contributed by atoms with E-state index < -0.39 is 0 Å². The molecule has 1 aliphatic heterocycles. The van der Waals surface area contributed by atoms with Crippen LogP contribution in [-0.4, -0.2) is 36.0 Å². The molecule has 0 aromatic carbocycles. The van der Waals surface area contributed by atoms with Gasteiger partial charge in [-0.25, -0.2) is 0 Å². The molecule has 1 unspecified atom stereocenters. The van der Waals surface area contributed by atoms with Crippen molar-refractivity contribution in [2.45, 2.75) is 32.7 Å². The molecule has 4 heteroatoms. The predicted molar refractivity (Wildman–Crippen MR) is 78.9 cm³/mol. The minimum Gasteiger partial charge on any atom is -0.497 e. The summed E-state index contributed by atoms with van der Waals surface area (Å²) in [5, 5.41) is 0. The smallest absolute Gasteiger partial charge is 0.122 e. The number of likely N-dealkylation sites (tertiary alicyclic amines) is 1. The summed E-state index contributed by atoms with van der Waals surface area (Å²) in [6.07, 6.45) is 3.71. The van der Waals surface area contributed by atoms with Crippen LogP contribution in [0.2, 0.25) is 0 Å². The number of aromatic nitrogens is 1. The molecule has 1 saturated heterocycles. The molecule has 2 rings (SSSR count). The van der Waals surface area contributed by atoms with Crippen molar-refractivity contribution in [3.8, 4) is 5.75 Å². The SMILES string of the molecule is COc1cc(C)nc(CN2CCCC(CCCl)C2)c1. The Balaban J connectivity index is 1.98. The number of methoxy groups -OCH3 is 1. The lowest BCUT2D eigenvalue weighted by molar-refractivity contribution is 0.163. The first-order chi connectivity index (χ1) is 9.21. The lowest BCUT2D eigenvalue weighted by Crippen LogP contribution is -2.35. The van der Waals surface area contributed by atoms with E-state index in [1.165, 1.54) is 12.8 Å². The minimum absolute atomic E-state index is 0.748. The maximum absolute atomic E-state index is 5.86. The van der Waals surface area contributed by atoms with E-state index in [1.54, 1.807) is 7.11 Å². The van der Waals surface area contributed by atoms with Crippen molar-refractivity contribution in [3.05, 3.63) is 23.5 Å². The zero-order chi connectivity index (χ0) is 13.7. The first-order valence-corrected chi connectivity index (χ1v) is 7.54. The van der Waals surface area contributed by atoms with E-state index in [-0.39, 0.29) is 0 Å². The molecular formula is C15H23ClN2O. The van der Waals surface area contributed by atoms with Gasteiger partial charge in [0.2, 0.25) is 0 Å². The molecule has 1 aromatic heterocycles. The van der Waals surface area contributed by atoms with Crippen molar-refractivity contribution in [3.63, 3.8) is 0 Å². The Hall–Kier alpha value is -0.800. The number of pyridine rings is 1. The number of hydrogen-bond donors (Lipinski definition) is 0. The summed E-state index contributed by atoms with van der Waals surface area (Å²) in [5.74, 6) is 2.42. The monoisotopic (exact) mass is 282 g/mol. The number of nitrogens with zero attached hydrogens (tertiary/aromatic N) is 2. The first kappa shape index (κ1) is 14.6. The molecule has 2 heterocycles. The second-order valence-corrected chi connectivity index (χ2v) is 5.74. The molecule has 0 saturated carbocycles. The molecule has 1 atom stereocenters. The topological polar surface area (TPSA) is 25.4 Å². The molecule has 0 amide bonds. The highest BCUT2D eigenvalue weighted by molar-refractivity contribution is 6.17. The second kappa shape index (κ2) is 7.11. The van der Waals surface area contributed by atoms with Crippen LogP contribution in [0.25, 0.3) is 0 Å². The van der Waals surface area contributed by atoms with Crippen LogP contribution in [-0.2, 0) is 6.54 Å². The Bertz CT molecular complexity index is 409. The van der Waals surface area contributed by atoms with Crippen LogP contribution in [0.15, 0.2) is 12.1 Å². The van der Waals surface area contributed by atoms with Gasteiger partial charge in [0.25, 0.3) is 0 Å². The van der Waals surface area contributed by atoms with Gasteiger partial charge in [0, 0.05) is 36.8 Å². The van der Waals surface area contributed by atoms with Crippen molar-refractivity contribution in [1.82, 2.24) is 9.88 Å². The Labute approximate surface area is 120 Å². The fourth-order valence-electron chi connectivity index (χ4n) is 2.82. The molecular weight excluding hydrogens is 260 g/mol. The van der Waals surface area contributed by atoms with E-state index in [2.05, 4.69) is 9.88 Å². The van der Waals surface area contributed by atoms with Crippen molar-refractivity contribution in [1.29, 1.82) is 0 Å². The summed E-state index contributed by atoms with van der Waals surface area (Å²) in [7, 11) is 1.70. The van der Waals surface area contributed by atoms with Crippen LogP contribution < -0.4 is 4.74 Å². The van der Waals surface area contributed by atoms with Gasteiger partial charge in [0.05, 0.1) is 12.8 Å². The number of hydrogen-bond acceptors (Lipinski definition) is 3. The number of halogens is 1. The summed E-state index contributed by atoms with van der Waals surface area (Å²) in [4.78, 5) is 7.09. The molecule has 1 aromatic rings. The quantitative estimate of drug-likeness (QED) is 0.775. The third-order valence-corrected chi connectivity index (χ3v) is 3.94. The summed E-state index contributed by atoms with van der Waals surface area (Å²) < 4.78 is 5.31. The zero-order valence-corrected chi connectivity index (χ0v) is 12.6. The van der Waals surface area contributed by atoms with Gasteiger partial charge in [-0.15, -0.1) is 11.6 Å². The number of alkyl halides is 1. The molecule has 0 aliphatic carbocycles. The Morgan fingerprint density at radius 2 is 2.32 bits per heavy atom. The fraction of sp³-hybridized carbons (Fsp3) is 0.667. The van der Waals surface area contributed by atoms with Gasteiger partial charge < -0.3 is 4.74 Å². The van der Waals surface area contributed by atoms with E-state index >= 15 is 0 Å². The lowest BCUT2D eigenvalue weighted by Gasteiger charge is -2.32. The Morgan fingerprint density at radius 1 is 1.47 bits per heavy atom. The van der Waals surface area contributed by atoms with Crippen LogP contribution in [0.5, 0.6) is 5.75 Å². The van der Waals surface area contributed by atoms with Crippen molar-refractivity contribution >= 4 is 11.6 Å². The van der Waals surface area contributed by atoms with E-state index in [0.717, 1.165) is 55.0 Å². The average molecular weight is 283 g/mol. The predicted octanol–water partition coefficient (Wildman–Crippen LogP) is 3.24. The molecule has 106 valence electrons. The molecule has 0 spiro atoms. The minimum atomic E-state index is 0.748. The molecule has 0 N–H and O–H groups in total. The second-order valence-electron chi connectivity index (χ2n) is 5.36. The average Bonchev–Trinajstić information content (AvgIpc) is 2.39. The van der Waals surface area contributed by atoms with Crippen molar-refractivity contribution in [2.24, 2.45) is 5.92 Å². The van der Waals surface area contributed by atoms with E-state index in [1.807, 2.05) is 19.1 Å². The first-order valence-electron chi connectivity index (χ1n) is 7.01. The van der Waals surface area contributed by atoms with Crippen LogP contribution in [0.1, 0.15) is 30.7 Å². The van der Waals surface area contributed by atoms with E-state index in [9.17, 15) is 0 Å². The van der Waals surface area contributed by atoms with Gasteiger partial charge in [0.1, 0.15) is 5.75 Å². The molecule has 19 heavy (non-hydrogen) atoms. The van der Waals surface area contributed by atoms with Gasteiger partial charge in [0.15, 0.2) is 0 Å². The highest BCUT2D eigenvalue weighted by atomic mass is 35.5. The number of piperidine rings is 1. The van der Waals surface area contributed by atoms with Gasteiger partial charge in [-0.3, -0.25) is 9.88 Å². The third-order valence-electron chi connectivity index (χ3n) is 3.72. The van der Waals surface area contributed by atoms with Crippen LogP contribution in [0.3, 0.4) is 0 Å². The van der Waals surface area contributed by atoms with Gasteiger partial charge in [-0.1, -0.05) is 0 Å². The third kappa shape index (κ3) is 4.36. The zero-order valence-electron chi connectivity index (χ0n) is 11.9.